The Bertz CT molecular complexity index is 424. The van der Waals surface area contributed by atoms with Gasteiger partial charge in [0.05, 0.1) is 5.71 Å². The van der Waals surface area contributed by atoms with Gasteiger partial charge in [0.2, 0.25) is 5.91 Å². The van der Waals surface area contributed by atoms with Crippen molar-refractivity contribution in [2.45, 2.75) is 33.6 Å². The highest BCUT2D eigenvalue weighted by atomic mass is 35.5. The van der Waals surface area contributed by atoms with Crippen molar-refractivity contribution in [1.29, 1.82) is 0 Å². The summed E-state index contributed by atoms with van der Waals surface area (Å²) in [5.74, 6) is 0.283. The van der Waals surface area contributed by atoms with Gasteiger partial charge in [0.25, 0.3) is 0 Å². The molecule has 0 spiro atoms. The number of carbonyl (C=O) groups is 1. The lowest BCUT2D eigenvalue weighted by atomic mass is 10.1. The van der Waals surface area contributed by atoms with Crippen LogP contribution in [0.5, 0.6) is 0 Å². The van der Waals surface area contributed by atoms with Gasteiger partial charge in [0.15, 0.2) is 0 Å². The monoisotopic (exact) mass is 266 g/mol. The van der Waals surface area contributed by atoms with Crippen molar-refractivity contribution in [1.82, 2.24) is 5.43 Å². The van der Waals surface area contributed by atoms with Crippen molar-refractivity contribution in [3.8, 4) is 0 Å². The molecule has 0 saturated carbocycles. The van der Waals surface area contributed by atoms with Crippen molar-refractivity contribution in [2.24, 2.45) is 11.0 Å². The van der Waals surface area contributed by atoms with Gasteiger partial charge in [-0.05, 0) is 30.0 Å². The van der Waals surface area contributed by atoms with E-state index in [1.165, 1.54) is 0 Å². The fourth-order valence-corrected chi connectivity index (χ4v) is 1.66. The van der Waals surface area contributed by atoms with Gasteiger partial charge in [-0.2, -0.15) is 5.10 Å². The molecule has 0 unspecified atom stereocenters. The molecule has 0 atom stereocenters. The number of amides is 1. The van der Waals surface area contributed by atoms with Crippen LogP contribution in [-0.2, 0) is 4.79 Å². The first kappa shape index (κ1) is 14.7. The van der Waals surface area contributed by atoms with Crippen molar-refractivity contribution in [3.05, 3.63) is 34.9 Å². The van der Waals surface area contributed by atoms with Gasteiger partial charge in [0, 0.05) is 11.4 Å². The SMILES string of the molecule is CC/C(=N\NC(=O)CC(C)C)c1ccc(Cl)cc1. The van der Waals surface area contributed by atoms with Gasteiger partial charge in [0.1, 0.15) is 0 Å². The predicted molar refractivity (Wildman–Crippen MR) is 75.9 cm³/mol. The minimum atomic E-state index is -0.0510. The van der Waals surface area contributed by atoms with E-state index in [9.17, 15) is 4.79 Å². The van der Waals surface area contributed by atoms with Crippen LogP contribution < -0.4 is 5.43 Å². The van der Waals surface area contributed by atoms with Gasteiger partial charge in [-0.25, -0.2) is 5.43 Å². The van der Waals surface area contributed by atoms with E-state index < -0.39 is 0 Å². The molecule has 1 N–H and O–H groups in total. The normalized spacial score (nSPS) is 11.7. The number of nitrogens with zero attached hydrogens (tertiary/aromatic N) is 1. The average molecular weight is 267 g/mol. The summed E-state index contributed by atoms with van der Waals surface area (Å²) >= 11 is 5.83. The van der Waals surface area contributed by atoms with Crippen LogP contribution >= 0.6 is 11.6 Å². The van der Waals surface area contributed by atoms with E-state index in [-0.39, 0.29) is 5.91 Å². The quantitative estimate of drug-likeness (QED) is 0.642. The summed E-state index contributed by atoms with van der Waals surface area (Å²) in [4.78, 5) is 11.5. The van der Waals surface area contributed by atoms with Crippen LogP contribution in [-0.4, -0.2) is 11.6 Å². The molecular weight excluding hydrogens is 248 g/mol. The third-order valence-electron chi connectivity index (χ3n) is 2.42. The molecule has 0 aliphatic carbocycles. The van der Waals surface area contributed by atoms with Crippen molar-refractivity contribution in [2.75, 3.05) is 0 Å². The standard InChI is InChI=1S/C14H19ClN2O/c1-4-13(11-5-7-12(15)8-6-11)16-17-14(18)9-10(2)3/h5-8,10H,4,9H2,1-3H3,(H,17,18)/b16-13+. The van der Waals surface area contributed by atoms with Gasteiger partial charge in [-0.1, -0.05) is 44.5 Å². The lowest BCUT2D eigenvalue weighted by Crippen LogP contribution is -2.21. The van der Waals surface area contributed by atoms with E-state index in [4.69, 9.17) is 11.6 Å². The minimum absolute atomic E-state index is 0.0510. The Balaban J connectivity index is 2.71. The largest absolute Gasteiger partial charge is 0.273 e. The summed E-state index contributed by atoms with van der Waals surface area (Å²) in [6, 6.07) is 7.44. The second-order valence-electron chi connectivity index (χ2n) is 4.55. The highest BCUT2D eigenvalue weighted by molar-refractivity contribution is 6.30. The molecule has 3 nitrogen and oxygen atoms in total. The Labute approximate surface area is 113 Å². The number of hydrazone groups is 1. The molecule has 18 heavy (non-hydrogen) atoms. The van der Waals surface area contributed by atoms with Crippen LogP contribution in [0.2, 0.25) is 5.02 Å². The number of hydrogen-bond acceptors (Lipinski definition) is 2. The van der Waals surface area contributed by atoms with Crippen LogP contribution in [0.15, 0.2) is 29.4 Å². The van der Waals surface area contributed by atoms with Crippen LogP contribution in [0.25, 0.3) is 0 Å². The first-order valence-corrected chi connectivity index (χ1v) is 6.52. The predicted octanol–water partition coefficient (Wildman–Crippen LogP) is 3.62. The molecule has 0 fully saturated rings. The molecule has 0 radical (unpaired) electrons. The summed E-state index contributed by atoms with van der Waals surface area (Å²) in [6.07, 6.45) is 1.24. The van der Waals surface area contributed by atoms with Crippen LogP contribution in [0, 0.1) is 5.92 Å². The molecule has 0 saturated heterocycles. The Hall–Kier alpha value is -1.35. The molecule has 0 aliphatic heterocycles. The smallest absolute Gasteiger partial charge is 0.240 e. The molecule has 1 aromatic carbocycles. The maximum atomic E-state index is 11.5. The van der Waals surface area contributed by atoms with Crippen molar-refractivity contribution in [3.63, 3.8) is 0 Å². The van der Waals surface area contributed by atoms with E-state index in [1.807, 2.05) is 45.0 Å². The topological polar surface area (TPSA) is 41.5 Å². The fraction of sp³-hybridized carbons (Fsp3) is 0.429. The summed E-state index contributed by atoms with van der Waals surface area (Å²) < 4.78 is 0. The molecule has 1 amide bonds. The first-order valence-electron chi connectivity index (χ1n) is 6.14. The number of rotatable bonds is 5. The molecule has 98 valence electrons. The Kier molecular flexibility index (Phi) is 5.86. The highest BCUT2D eigenvalue weighted by Gasteiger charge is 2.05. The minimum Gasteiger partial charge on any atom is -0.273 e. The number of nitrogens with one attached hydrogen (secondary N) is 1. The van der Waals surface area contributed by atoms with E-state index in [1.54, 1.807) is 0 Å². The fourth-order valence-electron chi connectivity index (χ4n) is 1.54. The Morgan fingerprint density at radius 3 is 2.44 bits per heavy atom. The van der Waals surface area contributed by atoms with E-state index in [2.05, 4.69) is 10.5 Å². The van der Waals surface area contributed by atoms with E-state index >= 15 is 0 Å². The number of carbonyl (C=O) groups excluding carboxylic acids is 1. The summed E-state index contributed by atoms with van der Waals surface area (Å²) in [5.41, 5.74) is 4.42. The Morgan fingerprint density at radius 2 is 1.94 bits per heavy atom. The van der Waals surface area contributed by atoms with Crippen LogP contribution in [0.4, 0.5) is 0 Å². The zero-order valence-corrected chi connectivity index (χ0v) is 11.8. The first-order chi connectivity index (χ1) is 8.52. The second kappa shape index (κ2) is 7.17. The lowest BCUT2D eigenvalue weighted by Gasteiger charge is -2.06. The van der Waals surface area contributed by atoms with Gasteiger partial charge < -0.3 is 0 Å². The van der Waals surface area contributed by atoms with E-state index in [0.717, 1.165) is 17.7 Å². The van der Waals surface area contributed by atoms with E-state index in [0.29, 0.717) is 17.4 Å². The summed E-state index contributed by atoms with van der Waals surface area (Å²) in [5, 5.41) is 4.86. The summed E-state index contributed by atoms with van der Waals surface area (Å²) in [6.45, 7) is 6.01. The molecule has 1 rings (SSSR count). The number of benzene rings is 1. The molecule has 4 heteroatoms. The van der Waals surface area contributed by atoms with Gasteiger partial charge in [-0.3, -0.25) is 4.79 Å². The van der Waals surface area contributed by atoms with Gasteiger partial charge >= 0.3 is 0 Å². The Morgan fingerprint density at radius 1 is 1.33 bits per heavy atom. The zero-order valence-electron chi connectivity index (χ0n) is 11.0. The molecule has 1 aromatic rings. The second-order valence-corrected chi connectivity index (χ2v) is 4.99. The molecular formula is C14H19ClN2O. The number of hydrogen-bond donors (Lipinski definition) is 1. The maximum Gasteiger partial charge on any atom is 0.240 e. The molecule has 0 heterocycles. The number of halogens is 1. The molecule has 0 aliphatic rings. The summed E-state index contributed by atoms with van der Waals surface area (Å²) in [7, 11) is 0. The van der Waals surface area contributed by atoms with Crippen molar-refractivity contribution >= 4 is 23.2 Å². The highest BCUT2D eigenvalue weighted by Crippen LogP contribution is 2.11. The van der Waals surface area contributed by atoms with Crippen LogP contribution in [0.1, 0.15) is 39.2 Å². The zero-order chi connectivity index (χ0) is 13.5. The third kappa shape index (κ3) is 4.88. The average Bonchev–Trinajstić information content (AvgIpc) is 2.31. The van der Waals surface area contributed by atoms with Crippen LogP contribution in [0.3, 0.4) is 0 Å². The lowest BCUT2D eigenvalue weighted by molar-refractivity contribution is -0.121. The molecule has 0 aromatic heterocycles. The third-order valence-corrected chi connectivity index (χ3v) is 2.67. The maximum absolute atomic E-state index is 11.5. The van der Waals surface area contributed by atoms with Gasteiger partial charge in [-0.15, -0.1) is 0 Å². The van der Waals surface area contributed by atoms with Crippen molar-refractivity contribution < 1.29 is 4.79 Å². The molecule has 0 bridgehead atoms.